The Morgan fingerprint density at radius 3 is 2.84 bits per heavy atom. The molecule has 5 heteroatoms. The van der Waals surface area contributed by atoms with Gasteiger partial charge in [0, 0.05) is 22.3 Å². The van der Waals surface area contributed by atoms with Crippen molar-refractivity contribution in [2.45, 2.75) is 26.4 Å². The highest BCUT2D eigenvalue weighted by molar-refractivity contribution is 7.12. The average Bonchev–Trinajstić information content (AvgIpc) is 2.83. The van der Waals surface area contributed by atoms with Gasteiger partial charge in [0.05, 0.1) is 5.69 Å². The van der Waals surface area contributed by atoms with Crippen LogP contribution in [0.4, 0.5) is 0 Å². The molecule has 2 rings (SSSR count). The number of hydrogen-bond acceptors (Lipinski definition) is 4. The molecule has 4 nitrogen and oxygen atoms in total. The van der Waals surface area contributed by atoms with Gasteiger partial charge in [-0.3, -0.25) is 0 Å². The number of hydrogen-bond donors (Lipinski definition) is 2. The molecule has 2 aromatic heterocycles. The van der Waals surface area contributed by atoms with Crippen LogP contribution in [0.5, 0.6) is 0 Å². The molecule has 0 aliphatic carbocycles. The molecule has 0 aliphatic rings. The first-order valence-electron chi connectivity index (χ1n) is 6.05. The second kappa shape index (κ2) is 5.95. The topological polar surface area (TPSA) is 62.2 Å². The lowest BCUT2D eigenvalue weighted by atomic mass is 10.2. The number of aromatic carboxylic acids is 1. The van der Waals surface area contributed by atoms with Crippen molar-refractivity contribution in [3.05, 3.63) is 51.5 Å². The van der Waals surface area contributed by atoms with Gasteiger partial charge in [0.2, 0.25) is 0 Å². The molecule has 100 valence electrons. The summed E-state index contributed by atoms with van der Waals surface area (Å²) in [5.74, 6) is -0.996. The van der Waals surface area contributed by atoms with Crippen LogP contribution in [0.15, 0.2) is 30.3 Å². The maximum absolute atomic E-state index is 10.8. The van der Waals surface area contributed by atoms with E-state index >= 15 is 0 Å². The lowest BCUT2D eigenvalue weighted by molar-refractivity contribution is 0.0690. The van der Waals surface area contributed by atoms with Gasteiger partial charge >= 0.3 is 5.97 Å². The summed E-state index contributed by atoms with van der Waals surface area (Å²) in [5.41, 5.74) is 0.818. The highest BCUT2D eigenvalue weighted by Crippen LogP contribution is 2.22. The average molecular weight is 276 g/mol. The van der Waals surface area contributed by atoms with Crippen molar-refractivity contribution in [3.8, 4) is 0 Å². The lowest BCUT2D eigenvalue weighted by Crippen LogP contribution is -2.18. The third-order valence-corrected chi connectivity index (χ3v) is 3.99. The fourth-order valence-corrected chi connectivity index (χ4v) is 2.65. The molecular weight excluding hydrogens is 260 g/mol. The van der Waals surface area contributed by atoms with E-state index in [2.05, 4.69) is 36.3 Å². The Morgan fingerprint density at radius 1 is 1.42 bits per heavy atom. The highest BCUT2D eigenvalue weighted by atomic mass is 32.1. The summed E-state index contributed by atoms with van der Waals surface area (Å²) in [6.45, 7) is 4.73. The van der Waals surface area contributed by atoms with Gasteiger partial charge in [-0.05, 0) is 38.1 Å². The molecule has 0 fully saturated rings. The second-order valence-corrected chi connectivity index (χ2v) is 5.69. The normalized spacial score (nSPS) is 12.3. The molecule has 2 heterocycles. The van der Waals surface area contributed by atoms with E-state index in [-0.39, 0.29) is 11.7 Å². The van der Waals surface area contributed by atoms with Crippen molar-refractivity contribution in [2.24, 2.45) is 0 Å². The maximum Gasteiger partial charge on any atom is 0.354 e. The number of rotatable bonds is 5. The molecule has 19 heavy (non-hydrogen) atoms. The van der Waals surface area contributed by atoms with Gasteiger partial charge in [-0.1, -0.05) is 6.07 Å². The minimum Gasteiger partial charge on any atom is -0.477 e. The Hall–Kier alpha value is -1.72. The standard InChI is InChI=1S/C14H16N2O2S/c1-9-6-7-13(19-9)10(2)15-8-11-4-3-5-12(16-11)14(17)18/h3-7,10,15H,8H2,1-2H3,(H,17,18). The van der Waals surface area contributed by atoms with Crippen LogP contribution in [-0.2, 0) is 6.54 Å². The number of nitrogens with one attached hydrogen (secondary N) is 1. The van der Waals surface area contributed by atoms with Crippen LogP contribution in [-0.4, -0.2) is 16.1 Å². The van der Waals surface area contributed by atoms with Crippen LogP contribution in [0.1, 0.15) is 38.9 Å². The van der Waals surface area contributed by atoms with Crippen LogP contribution < -0.4 is 5.32 Å². The van der Waals surface area contributed by atoms with E-state index in [0.29, 0.717) is 6.54 Å². The Balaban J connectivity index is 1.98. The SMILES string of the molecule is Cc1ccc(C(C)NCc2cccc(C(=O)O)n2)s1. The van der Waals surface area contributed by atoms with E-state index in [0.717, 1.165) is 5.69 Å². The summed E-state index contributed by atoms with van der Waals surface area (Å²) in [7, 11) is 0. The Kier molecular flexibility index (Phi) is 4.29. The lowest BCUT2D eigenvalue weighted by Gasteiger charge is -2.11. The Bertz CT molecular complexity index is 580. The number of carboxylic acids is 1. The van der Waals surface area contributed by atoms with Gasteiger partial charge in [-0.2, -0.15) is 0 Å². The molecule has 0 aliphatic heterocycles. The van der Waals surface area contributed by atoms with E-state index in [1.807, 2.05) is 6.07 Å². The molecule has 0 spiro atoms. The third-order valence-electron chi connectivity index (χ3n) is 2.80. The van der Waals surface area contributed by atoms with Gasteiger partial charge in [0.15, 0.2) is 0 Å². The second-order valence-electron chi connectivity index (χ2n) is 4.37. The van der Waals surface area contributed by atoms with E-state index in [9.17, 15) is 4.79 Å². The number of aryl methyl sites for hydroxylation is 1. The number of nitrogens with zero attached hydrogens (tertiary/aromatic N) is 1. The molecule has 2 N–H and O–H groups in total. The van der Waals surface area contributed by atoms with Crippen LogP contribution in [0, 0.1) is 6.92 Å². The predicted octanol–water partition coefficient (Wildman–Crippen LogP) is 3.00. The monoisotopic (exact) mass is 276 g/mol. The van der Waals surface area contributed by atoms with Crippen molar-refractivity contribution in [1.82, 2.24) is 10.3 Å². The number of pyridine rings is 1. The van der Waals surface area contributed by atoms with Crippen molar-refractivity contribution in [1.29, 1.82) is 0 Å². The number of carboxylic acid groups (broad SMARTS) is 1. The third kappa shape index (κ3) is 3.62. The summed E-state index contributed by atoms with van der Waals surface area (Å²) in [4.78, 5) is 17.5. The molecule has 0 saturated carbocycles. The zero-order valence-electron chi connectivity index (χ0n) is 10.9. The molecule has 0 saturated heterocycles. The number of carbonyl (C=O) groups is 1. The fourth-order valence-electron chi connectivity index (χ4n) is 1.74. The molecule has 0 amide bonds. The predicted molar refractivity (Wildman–Crippen MR) is 75.5 cm³/mol. The van der Waals surface area contributed by atoms with Crippen LogP contribution in [0.2, 0.25) is 0 Å². The first-order chi connectivity index (χ1) is 9.06. The molecule has 1 atom stereocenters. The summed E-state index contributed by atoms with van der Waals surface area (Å²) in [6, 6.07) is 9.48. The van der Waals surface area contributed by atoms with Crippen molar-refractivity contribution in [2.75, 3.05) is 0 Å². The summed E-state index contributed by atoms with van der Waals surface area (Å²) < 4.78 is 0. The molecular formula is C14H16N2O2S. The van der Waals surface area contributed by atoms with Crippen molar-refractivity contribution < 1.29 is 9.90 Å². The summed E-state index contributed by atoms with van der Waals surface area (Å²) >= 11 is 1.76. The quantitative estimate of drug-likeness (QED) is 0.881. The largest absolute Gasteiger partial charge is 0.477 e. The number of aromatic nitrogens is 1. The van der Waals surface area contributed by atoms with E-state index < -0.39 is 5.97 Å². The molecule has 0 aromatic carbocycles. The van der Waals surface area contributed by atoms with Crippen molar-refractivity contribution in [3.63, 3.8) is 0 Å². The Morgan fingerprint density at radius 2 is 2.21 bits per heavy atom. The minimum absolute atomic E-state index is 0.0823. The van der Waals surface area contributed by atoms with Gasteiger partial charge < -0.3 is 10.4 Å². The molecule has 1 unspecified atom stereocenters. The number of thiophene rings is 1. The van der Waals surface area contributed by atoms with Crippen LogP contribution in [0.25, 0.3) is 0 Å². The van der Waals surface area contributed by atoms with Crippen LogP contribution in [0.3, 0.4) is 0 Å². The molecule has 0 bridgehead atoms. The van der Waals surface area contributed by atoms with Gasteiger partial charge in [-0.15, -0.1) is 11.3 Å². The first-order valence-corrected chi connectivity index (χ1v) is 6.87. The smallest absolute Gasteiger partial charge is 0.354 e. The zero-order valence-corrected chi connectivity index (χ0v) is 11.7. The van der Waals surface area contributed by atoms with Gasteiger partial charge in [0.1, 0.15) is 5.69 Å². The maximum atomic E-state index is 10.8. The summed E-state index contributed by atoms with van der Waals surface area (Å²) in [6.07, 6.45) is 0. The van der Waals surface area contributed by atoms with E-state index in [1.165, 1.54) is 15.8 Å². The minimum atomic E-state index is -0.996. The van der Waals surface area contributed by atoms with E-state index in [4.69, 9.17) is 5.11 Å². The van der Waals surface area contributed by atoms with Crippen molar-refractivity contribution >= 4 is 17.3 Å². The molecule has 2 aromatic rings. The summed E-state index contributed by atoms with van der Waals surface area (Å²) in [5, 5.41) is 12.2. The van der Waals surface area contributed by atoms with Gasteiger partial charge in [-0.25, -0.2) is 9.78 Å². The zero-order chi connectivity index (χ0) is 13.8. The van der Waals surface area contributed by atoms with Gasteiger partial charge in [0.25, 0.3) is 0 Å². The Labute approximate surface area is 116 Å². The van der Waals surface area contributed by atoms with E-state index in [1.54, 1.807) is 17.4 Å². The highest BCUT2D eigenvalue weighted by Gasteiger charge is 2.09. The molecule has 0 radical (unpaired) electrons. The fraction of sp³-hybridized carbons (Fsp3) is 0.286. The first kappa shape index (κ1) is 13.7. The van der Waals surface area contributed by atoms with Crippen LogP contribution >= 0.6 is 11.3 Å².